The average Bonchev–Trinajstić information content (AvgIpc) is 1.59. The van der Waals surface area contributed by atoms with E-state index in [4.69, 9.17) is 29.9 Å². The summed E-state index contributed by atoms with van der Waals surface area (Å²) in [6, 6.07) is 153. The lowest BCUT2D eigenvalue weighted by molar-refractivity contribution is 1.07. The van der Waals surface area contributed by atoms with Crippen molar-refractivity contribution in [2.45, 2.75) is 0 Å². The fourth-order valence-corrected chi connectivity index (χ4v) is 20.6. The number of fused-ring (bicyclic) bond motifs is 12. The summed E-state index contributed by atoms with van der Waals surface area (Å²) in [4.78, 5) is 31.8. The molecule has 0 N–H and O–H groups in total. The van der Waals surface area contributed by atoms with Gasteiger partial charge in [0.15, 0.2) is 34.9 Å². The number of nitrogens with zero attached hydrogens (tertiary/aromatic N) is 8. The van der Waals surface area contributed by atoms with Crippen LogP contribution >= 0.6 is 22.7 Å². The lowest BCUT2D eigenvalue weighted by Gasteiger charge is -2.14. The molecule has 0 saturated heterocycles. The molecule has 8 nitrogen and oxygen atoms in total. The van der Waals surface area contributed by atoms with Crippen LogP contribution in [-0.4, -0.2) is 39.0 Å². The Morgan fingerprint density at radius 2 is 0.452 bits per heavy atom. The summed E-state index contributed by atoms with van der Waals surface area (Å²) in [7, 11) is 0. The van der Waals surface area contributed by atoms with Crippen molar-refractivity contribution in [3.8, 4) is 158 Å². The molecule has 6 heterocycles. The maximum absolute atomic E-state index is 5.40. The van der Waals surface area contributed by atoms with Gasteiger partial charge in [-0.25, -0.2) is 29.9 Å². The molecule has 0 spiro atoms. The van der Waals surface area contributed by atoms with E-state index in [2.05, 4.69) is 397 Å². The van der Waals surface area contributed by atoms with Crippen LogP contribution in [0.15, 0.2) is 425 Å². The average molecular weight is 1620 g/mol. The summed E-state index contributed by atoms with van der Waals surface area (Å²) in [5, 5.41) is 9.49. The van der Waals surface area contributed by atoms with Crippen LogP contribution < -0.4 is 0 Å². The first-order valence-corrected chi connectivity index (χ1v) is 43.4. The zero-order valence-corrected chi connectivity index (χ0v) is 68.4. The molecule has 0 atom stereocenters. The maximum Gasteiger partial charge on any atom is 0.164 e. The molecule has 0 aliphatic rings. The topological polar surface area (TPSA) is 87.2 Å². The molecule has 0 aliphatic heterocycles. The summed E-state index contributed by atoms with van der Waals surface area (Å²) in [6.45, 7) is 0. The number of rotatable bonds is 15. The van der Waals surface area contributed by atoms with E-state index in [0.717, 1.165) is 128 Å². The molecule has 10 heteroatoms. The minimum atomic E-state index is 0.596. The summed E-state index contributed by atoms with van der Waals surface area (Å²) in [6.07, 6.45) is 0. The van der Waals surface area contributed by atoms with Crippen LogP contribution in [0.4, 0.5) is 0 Å². The zero-order valence-electron chi connectivity index (χ0n) is 66.8. The molecular formula is C114H70N8S2. The molecule has 0 saturated carbocycles. The van der Waals surface area contributed by atoms with Gasteiger partial charge in [0, 0.05) is 107 Å². The summed E-state index contributed by atoms with van der Waals surface area (Å²) >= 11 is 3.68. The van der Waals surface area contributed by atoms with E-state index in [0.29, 0.717) is 34.9 Å². The Morgan fingerprint density at radius 1 is 0.153 bits per heavy atom. The van der Waals surface area contributed by atoms with Crippen LogP contribution in [0.5, 0.6) is 0 Å². The molecule has 0 radical (unpaired) electrons. The number of hydrogen-bond acceptors (Lipinski definition) is 8. The van der Waals surface area contributed by atoms with Gasteiger partial charge < -0.3 is 9.13 Å². The van der Waals surface area contributed by atoms with Gasteiger partial charge in [-0.3, -0.25) is 0 Å². The highest BCUT2D eigenvalue weighted by atomic mass is 32.1. The molecular weight excluding hydrogens is 1550 g/mol. The summed E-state index contributed by atoms with van der Waals surface area (Å²) < 4.78 is 9.67. The Hall–Kier alpha value is -16.0. The second-order valence-corrected chi connectivity index (χ2v) is 33.8. The maximum atomic E-state index is 5.40. The molecule has 0 amide bonds. The minimum absolute atomic E-state index is 0.596. The molecule has 578 valence electrons. The summed E-state index contributed by atoms with van der Waals surface area (Å²) in [5.74, 6) is 3.63. The van der Waals surface area contributed by atoms with E-state index >= 15 is 0 Å². The van der Waals surface area contributed by atoms with Crippen LogP contribution in [0.25, 0.3) is 242 Å². The molecule has 124 heavy (non-hydrogen) atoms. The molecule has 24 rings (SSSR count). The minimum Gasteiger partial charge on any atom is -0.309 e. The van der Waals surface area contributed by atoms with Crippen LogP contribution in [-0.2, 0) is 0 Å². The first-order chi connectivity index (χ1) is 61.4. The highest BCUT2D eigenvalue weighted by Gasteiger charge is 2.24. The predicted octanol–water partition coefficient (Wildman–Crippen LogP) is 30.7. The van der Waals surface area contributed by atoms with Crippen molar-refractivity contribution in [3.05, 3.63) is 425 Å². The van der Waals surface area contributed by atoms with Gasteiger partial charge in [0.25, 0.3) is 0 Å². The first kappa shape index (κ1) is 72.1. The second-order valence-electron chi connectivity index (χ2n) is 31.7. The standard InChI is InChI=1S/C114H70N8S2/c1-6-26-71(27-7-1)75-34-20-35-76(60-75)78-54-58-105-99(67-78)96-48-24-46-91(107(96)123-105)80-37-21-39-82(61-80)111-115-109(73-30-10-3-11-31-73)117-113(119-111)84-53-57-103-98(69-84)94-45-17-19-51-102(94)122(103)90-43-23-36-77(66-90)87-63-86(72-28-8-2-9-29-72)64-88(65-87)79-55-59-106-100(68-79)97-49-25-47-92(108(97)124-106)81-38-22-40-83(62-81)112-116-110(74-32-12-4-13-33-74)118-114(120-112)85-52-56-95-93-44-16-18-50-101(93)121(104(95)70-85)89-41-14-5-15-42-89/h1-70H. The molecule has 0 unspecified atom stereocenters. The van der Waals surface area contributed by atoms with E-state index in [1.807, 2.05) is 59.1 Å². The van der Waals surface area contributed by atoms with E-state index < -0.39 is 0 Å². The third-order valence-corrected chi connectivity index (χ3v) is 26.6. The molecule has 6 aromatic heterocycles. The molecule has 0 aliphatic carbocycles. The molecule has 0 bridgehead atoms. The SMILES string of the molecule is c1ccc(-c2cccc(-c3ccc4sc5c(-c6cccc(-c7nc(-c8ccccc8)nc(-c8ccc9c(c8)c8ccccc8n9-c8cccc(-c9cc(-c%10ccccc%10)cc(-c%10ccc%11sc%12c(-c%13cccc(-c%14nc(-c%15ccccc%15)nc(-c%15ccc%16c%17ccccc%17n(-c%17ccccc%17)c%16c%15)n%14)c%13)cccc%12c%11c%10)c9)c8)n7)c6)cccc5c4c3)c2)cc1. The van der Waals surface area contributed by atoms with E-state index in [1.165, 1.54) is 78.9 Å². The molecule has 18 aromatic carbocycles. The van der Waals surface area contributed by atoms with Crippen LogP contribution in [0.3, 0.4) is 0 Å². The number of hydrogen-bond donors (Lipinski definition) is 0. The van der Waals surface area contributed by atoms with Gasteiger partial charge in [-0.2, -0.15) is 0 Å². The van der Waals surface area contributed by atoms with Crippen molar-refractivity contribution in [1.82, 2.24) is 39.0 Å². The van der Waals surface area contributed by atoms with Crippen LogP contribution in [0.2, 0.25) is 0 Å². The molecule has 24 aromatic rings. The Balaban J connectivity index is 0.561. The van der Waals surface area contributed by atoms with Gasteiger partial charge in [-0.1, -0.05) is 303 Å². The predicted molar refractivity (Wildman–Crippen MR) is 518 cm³/mol. The van der Waals surface area contributed by atoms with E-state index in [-0.39, 0.29) is 0 Å². The van der Waals surface area contributed by atoms with Crippen molar-refractivity contribution in [3.63, 3.8) is 0 Å². The largest absolute Gasteiger partial charge is 0.309 e. The fraction of sp³-hybridized carbons (Fsp3) is 0. The highest BCUT2D eigenvalue weighted by Crippen LogP contribution is 2.47. The number of thiophene rings is 2. The lowest BCUT2D eigenvalue weighted by Crippen LogP contribution is -2.00. The first-order valence-electron chi connectivity index (χ1n) is 41.8. The van der Waals surface area contributed by atoms with Crippen molar-refractivity contribution >= 4 is 107 Å². The van der Waals surface area contributed by atoms with Crippen molar-refractivity contribution < 1.29 is 0 Å². The number of para-hydroxylation sites is 3. The van der Waals surface area contributed by atoms with Gasteiger partial charge in [0.2, 0.25) is 0 Å². The van der Waals surface area contributed by atoms with Gasteiger partial charge in [0.1, 0.15) is 0 Å². The Labute approximate surface area is 722 Å². The van der Waals surface area contributed by atoms with Crippen molar-refractivity contribution in [2.75, 3.05) is 0 Å². The second kappa shape index (κ2) is 30.1. The highest BCUT2D eigenvalue weighted by molar-refractivity contribution is 7.26. The Morgan fingerprint density at radius 3 is 0.984 bits per heavy atom. The van der Waals surface area contributed by atoms with E-state index in [9.17, 15) is 0 Å². The van der Waals surface area contributed by atoms with E-state index in [1.54, 1.807) is 0 Å². The Kier molecular flexibility index (Phi) is 17.5. The fourth-order valence-electron chi connectivity index (χ4n) is 18.2. The van der Waals surface area contributed by atoms with Crippen LogP contribution in [0.1, 0.15) is 0 Å². The number of benzene rings is 18. The molecule has 0 fully saturated rings. The quantitative estimate of drug-likeness (QED) is 0.102. The smallest absolute Gasteiger partial charge is 0.164 e. The van der Waals surface area contributed by atoms with Gasteiger partial charge in [-0.05, 0) is 199 Å². The third-order valence-electron chi connectivity index (χ3n) is 24.2. The Bertz CT molecular complexity index is 8360. The van der Waals surface area contributed by atoms with Crippen molar-refractivity contribution in [2.24, 2.45) is 0 Å². The van der Waals surface area contributed by atoms with Gasteiger partial charge in [-0.15, -0.1) is 22.7 Å². The normalized spacial score (nSPS) is 11.7. The van der Waals surface area contributed by atoms with Crippen LogP contribution in [0, 0.1) is 0 Å². The zero-order chi connectivity index (χ0) is 81.7. The lowest BCUT2D eigenvalue weighted by atomic mass is 9.92. The van der Waals surface area contributed by atoms with Gasteiger partial charge >= 0.3 is 0 Å². The summed E-state index contributed by atoms with van der Waals surface area (Å²) in [5.41, 5.74) is 28.1. The monoisotopic (exact) mass is 1610 g/mol. The third kappa shape index (κ3) is 12.8. The number of aromatic nitrogens is 8. The van der Waals surface area contributed by atoms with Crippen molar-refractivity contribution in [1.29, 1.82) is 0 Å². The van der Waals surface area contributed by atoms with Gasteiger partial charge in [0.05, 0.1) is 22.1 Å².